The zero-order valence-corrected chi connectivity index (χ0v) is 9.41. The van der Waals surface area contributed by atoms with Gasteiger partial charge in [-0.25, -0.2) is 4.39 Å². The lowest BCUT2D eigenvalue weighted by Crippen LogP contribution is -2.14. The van der Waals surface area contributed by atoms with Crippen molar-refractivity contribution >= 4 is 5.84 Å². The molecule has 1 aliphatic rings. The van der Waals surface area contributed by atoms with E-state index in [4.69, 9.17) is 20.6 Å². The first-order chi connectivity index (χ1) is 8.16. The standard InChI is InChI=1S/C12H15FN2O2/c13-11-5-8(12(14)15)1-2-9(11)6-17-10-3-4-16-7-10/h1-2,5,10H,3-4,6-7H2,(H3,14,15). The zero-order valence-electron chi connectivity index (χ0n) is 9.41. The third-order valence-electron chi connectivity index (χ3n) is 2.73. The maximum atomic E-state index is 13.6. The summed E-state index contributed by atoms with van der Waals surface area (Å²) in [6.45, 7) is 1.50. The fourth-order valence-electron chi connectivity index (χ4n) is 1.68. The van der Waals surface area contributed by atoms with Crippen LogP contribution in [-0.4, -0.2) is 25.2 Å². The lowest BCUT2D eigenvalue weighted by atomic mass is 10.1. The second-order valence-electron chi connectivity index (χ2n) is 4.02. The van der Waals surface area contributed by atoms with Crippen molar-refractivity contribution < 1.29 is 13.9 Å². The number of ether oxygens (including phenoxy) is 2. The first-order valence-electron chi connectivity index (χ1n) is 5.49. The molecule has 1 fully saturated rings. The molecule has 1 atom stereocenters. The van der Waals surface area contributed by atoms with E-state index < -0.39 is 5.82 Å². The van der Waals surface area contributed by atoms with Gasteiger partial charge < -0.3 is 15.2 Å². The number of nitrogens with two attached hydrogens (primary N) is 1. The summed E-state index contributed by atoms with van der Waals surface area (Å²) in [5, 5.41) is 7.20. The quantitative estimate of drug-likeness (QED) is 0.615. The minimum absolute atomic E-state index is 0.0573. The van der Waals surface area contributed by atoms with Crippen LogP contribution < -0.4 is 5.73 Å². The second kappa shape index (κ2) is 5.25. The van der Waals surface area contributed by atoms with Gasteiger partial charge in [0.25, 0.3) is 0 Å². The normalized spacial score (nSPS) is 19.5. The summed E-state index contributed by atoms with van der Waals surface area (Å²) in [6.07, 6.45) is 0.912. The highest BCUT2D eigenvalue weighted by Crippen LogP contribution is 2.15. The molecule has 1 unspecified atom stereocenters. The Morgan fingerprint density at radius 1 is 1.59 bits per heavy atom. The van der Waals surface area contributed by atoms with Gasteiger partial charge in [0.15, 0.2) is 0 Å². The molecule has 1 saturated heterocycles. The van der Waals surface area contributed by atoms with E-state index in [1.807, 2.05) is 0 Å². The average Bonchev–Trinajstić information content (AvgIpc) is 2.80. The molecule has 2 rings (SSSR count). The molecule has 0 radical (unpaired) electrons. The van der Waals surface area contributed by atoms with E-state index in [0.29, 0.717) is 24.3 Å². The first-order valence-corrected chi connectivity index (χ1v) is 5.49. The van der Waals surface area contributed by atoms with E-state index in [1.165, 1.54) is 6.07 Å². The molecule has 0 saturated carbocycles. The van der Waals surface area contributed by atoms with E-state index in [-0.39, 0.29) is 18.5 Å². The molecule has 0 amide bonds. The van der Waals surface area contributed by atoms with Gasteiger partial charge in [-0.05, 0) is 12.5 Å². The molecule has 3 N–H and O–H groups in total. The topological polar surface area (TPSA) is 68.3 Å². The van der Waals surface area contributed by atoms with Crippen molar-refractivity contribution in [2.75, 3.05) is 13.2 Å². The number of rotatable bonds is 4. The molecule has 1 aromatic rings. The van der Waals surface area contributed by atoms with Gasteiger partial charge in [-0.2, -0.15) is 0 Å². The summed E-state index contributed by atoms with van der Waals surface area (Å²) in [5.41, 5.74) is 6.13. The molecule has 1 aromatic carbocycles. The van der Waals surface area contributed by atoms with E-state index in [1.54, 1.807) is 12.1 Å². The Labute approximate surface area is 99.0 Å². The highest BCUT2D eigenvalue weighted by atomic mass is 19.1. The Morgan fingerprint density at radius 2 is 2.41 bits per heavy atom. The second-order valence-corrected chi connectivity index (χ2v) is 4.02. The molecule has 5 heteroatoms. The zero-order chi connectivity index (χ0) is 12.3. The maximum absolute atomic E-state index is 13.6. The molecule has 1 heterocycles. The monoisotopic (exact) mass is 238 g/mol. The molecule has 1 aliphatic heterocycles. The van der Waals surface area contributed by atoms with E-state index in [2.05, 4.69) is 0 Å². The summed E-state index contributed by atoms with van der Waals surface area (Å²) in [7, 11) is 0. The number of nitrogen functional groups attached to an aromatic ring is 1. The molecule has 92 valence electrons. The average molecular weight is 238 g/mol. The van der Waals surface area contributed by atoms with Gasteiger partial charge >= 0.3 is 0 Å². The van der Waals surface area contributed by atoms with E-state index in [0.717, 1.165) is 6.42 Å². The van der Waals surface area contributed by atoms with E-state index in [9.17, 15) is 4.39 Å². The predicted octanol–water partition coefficient (Wildman–Crippen LogP) is 1.42. The number of nitrogens with one attached hydrogen (secondary N) is 1. The molecule has 0 aliphatic carbocycles. The Kier molecular flexibility index (Phi) is 3.71. The predicted molar refractivity (Wildman–Crippen MR) is 61.4 cm³/mol. The Balaban J connectivity index is 1.98. The van der Waals surface area contributed by atoms with Crippen molar-refractivity contribution in [2.45, 2.75) is 19.1 Å². The number of halogens is 1. The van der Waals surface area contributed by atoms with Crippen molar-refractivity contribution in [3.05, 3.63) is 35.1 Å². The van der Waals surface area contributed by atoms with Gasteiger partial charge in [0.2, 0.25) is 0 Å². The molecule has 0 bridgehead atoms. The minimum atomic E-state index is -0.392. The lowest BCUT2D eigenvalue weighted by Gasteiger charge is -2.10. The van der Waals surface area contributed by atoms with Crippen LogP contribution in [0.3, 0.4) is 0 Å². The van der Waals surface area contributed by atoms with Crippen LogP contribution in [0.4, 0.5) is 4.39 Å². The number of hydrogen-bond acceptors (Lipinski definition) is 3. The van der Waals surface area contributed by atoms with E-state index >= 15 is 0 Å². The third kappa shape index (κ3) is 3.01. The van der Waals surface area contributed by atoms with Crippen LogP contribution in [0.25, 0.3) is 0 Å². The summed E-state index contributed by atoms with van der Waals surface area (Å²) in [5.74, 6) is -0.530. The molecular weight excluding hydrogens is 223 g/mol. The Morgan fingerprint density at radius 3 is 3.00 bits per heavy atom. The smallest absolute Gasteiger partial charge is 0.129 e. The Hall–Kier alpha value is -1.46. The van der Waals surface area contributed by atoms with Gasteiger partial charge in [0.05, 0.1) is 19.3 Å². The fourth-order valence-corrected chi connectivity index (χ4v) is 1.68. The van der Waals surface area contributed by atoms with Gasteiger partial charge in [-0.15, -0.1) is 0 Å². The largest absolute Gasteiger partial charge is 0.384 e. The van der Waals surface area contributed by atoms with Gasteiger partial charge in [0.1, 0.15) is 11.7 Å². The summed E-state index contributed by atoms with van der Waals surface area (Å²) >= 11 is 0. The van der Waals surface area contributed by atoms with Gasteiger partial charge in [-0.1, -0.05) is 12.1 Å². The fraction of sp³-hybridized carbons (Fsp3) is 0.417. The Bertz CT molecular complexity index is 417. The van der Waals surface area contributed by atoms with Gasteiger partial charge in [0, 0.05) is 17.7 Å². The minimum Gasteiger partial charge on any atom is -0.384 e. The SMILES string of the molecule is N=C(N)c1ccc(COC2CCOC2)c(F)c1. The molecular formula is C12H15FN2O2. The molecule has 0 spiro atoms. The summed E-state index contributed by atoms with van der Waals surface area (Å²) in [6, 6.07) is 4.48. The first kappa shape index (κ1) is 12.0. The molecule has 4 nitrogen and oxygen atoms in total. The summed E-state index contributed by atoms with van der Waals surface area (Å²) in [4.78, 5) is 0. The van der Waals surface area contributed by atoms with Crippen molar-refractivity contribution in [2.24, 2.45) is 5.73 Å². The van der Waals surface area contributed by atoms with Crippen LogP contribution in [0.2, 0.25) is 0 Å². The lowest BCUT2D eigenvalue weighted by molar-refractivity contribution is 0.0304. The number of benzene rings is 1. The number of amidine groups is 1. The van der Waals surface area contributed by atoms with Crippen LogP contribution in [0.1, 0.15) is 17.5 Å². The summed E-state index contributed by atoms with van der Waals surface area (Å²) < 4.78 is 24.3. The van der Waals surface area contributed by atoms with Crippen molar-refractivity contribution in [3.63, 3.8) is 0 Å². The highest BCUT2D eigenvalue weighted by Gasteiger charge is 2.16. The van der Waals surface area contributed by atoms with Crippen LogP contribution in [0, 0.1) is 11.2 Å². The number of hydrogen-bond donors (Lipinski definition) is 2. The van der Waals surface area contributed by atoms with Gasteiger partial charge in [-0.3, -0.25) is 5.41 Å². The van der Waals surface area contributed by atoms with Crippen molar-refractivity contribution in [1.29, 1.82) is 5.41 Å². The third-order valence-corrected chi connectivity index (χ3v) is 2.73. The van der Waals surface area contributed by atoms with Crippen LogP contribution >= 0.6 is 0 Å². The van der Waals surface area contributed by atoms with Crippen molar-refractivity contribution in [3.8, 4) is 0 Å². The highest BCUT2D eigenvalue weighted by molar-refractivity contribution is 5.94. The van der Waals surface area contributed by atoms with Crippen LogP contribution in [-0.2, 0) is 16.1 Å². The maximum Gasteiger partial charge on any atom is 0.129 e. The van der Waals surface area contributed by atoms with Crippen molar-refractivity contribution in [1.82, 2.24) is 0 Å². The molecule has 17 heavy (non-hydrogen) atoms. The molecule has 0 aromatic heterocycles. The van der Waals surface area contributed by atoms with Crippen LogP contribution in [0.15, 0.2) is 18.2 Å². The van der Waals surface area contributed by atoms with Crippen LogP contribution in [0.5, 0.6) is 0 Å².